The molecule has 5 nitrogen and oxygen atoms in total. The maximum atomic E-state index is 5.41. The van der Waals surface area contributed by atoms with Gasteiger partial charge in [0.1, 0.15) is 5.82 Å². The fourth-order valence-corrected chi connectivity index (χ4v) is 1.58. The third-order valence-corrected chi connectivity index (χ3v) is 2.71. The summed E-state index contributed by atoms with van der Waals surface area (Å²) in [5, 5.41) is 0. The van der Waals surface area contributed by atoms with E-state index in [1.165, 1.54) is 0 Å². The maximum absolute atomic E-state index is 5.41. The number of hydrazine groups is 1. The van der Waals surface area contributed by atoms with E-state index in [1.54, 1.807) is 6.20 Å². The Balaban J connectivity index is 2.30. The molecule has 0 amide bonds. The molecule has 0 saturated carbocycles. The second kappa shape index (κ2) is 4.32. The summed E-state index contributed by atoms with van der Waals surface area (Å²) in [6, 6.07) is 3.90. The number of nitrogens with one attached hydrogen (secondary N) is 1. The van der Waals surface area contributed by atoms with Crippen LogP contribution in [0.2, 0.25) is 0 Å². The van der Waals surface area contributed by atoms with Gasteiger partial charge in [-0.25, -0.2) is 15.8 Å². The van der Waals surface area contributed by atoms with E-state index in [0.29, 0.717) is 5.82 Å². The van der Waals surface area contributed by atoms with Gasteiger partial charge in [-0.05, 0) is 19.9 Å². The minimum absolute atomic E-state index is 0.702. The summed E-state index contributed by atoms with van der Waals surface area (Å²) in [7, 11) is 0. The van der Waals surface area contributed by atoms with Gasteiger partial charge in [-0.3, -0.25) is 0 Å². The van der Waals surface area contributed by atoms with Crippen molar-refractivity contribution in [3.8, 4) is 0 Å². The molecule has 0 bridgehead atoms. The molecular weight excluding hydrogens is 202 g/mol. The van der Waals surface area contributed by atoms with Crippen molar-refractivity contribution in [3.05, 3.63) is 41.6 Å². The zero-order chi connectivity index (χ0) is 11.5. The Labute approximate surface area is 94.3 Å². The minimum atomic E-state index is 0.702. The van der Waals surface area contributed by atoms with Crippen LogP contribution in [0.5, 0.6) is 0 Å². The Morgan fingerprint density at radius 2 is 2.19 bits per heavy atom. The number of imidazole rings is 1. The topological polar surface area (TPSA) is 68.8 Å². The molecule has 84 valence electrons. The molecule has 0 radical (unpaired) electrons. The van der Waals surface area contributed by atoms with E-state index in [2.05, 4.69) is 20.0 Å². The van der Waals surface area contributed by atoms with Crippen LogP contribution in [0.1, 0.15) is 17.0 Å². The number of hydrogen-bond donors (Lipinski definition) is 2. The van der Waals surface area contributed by atoms with Gasteiger partial charge < -0.3 is 9.99 Å². The first kappa shape index (κ1) is 10.6. The van der Waals surface area contributed by atoms with Gasteiger partial charge in [0.05, 0.1) is 18.6 Å². The van der Waals surface area contributed by atoms with Crippen LogP contribution in [0.15, 0.2) is 24.7 Å². The first-order valence-electron chi connectivity index (χ1n) is 5.11. The Morgan fingerprint density at radius 1 is 1.38 bits per heavy atom. The van der Waals surface area contributed by atoms with Crippen LogP contribution in [-0.2, 0) is 6.54 Å². The number of anilines is 1. The molecule has 0 aliphatic rings. The number of aromatic nitrogens is 3. The largest absolute Gasteiger partial charge is 0.330 e. The fraction of sp³-hybridized carbons (Fsp3) is 0.273. The van der Waals surface area contributed by atoms with Gasteiger partial charge in [-0.2, -0.15) is 0 Å². The third kappa shape index (κ3) is 1.90. The van der Waals surface area contributed by atoms with E-state index in [1.807, 2.05) is 32.3 Å². The van der Waals surface area contributed by atoms with Crippen molar-refractivity contribution in [3.63, 3.8) is 0 Å². The number of pyridine rings is 1. The third-order valence-electron chi connectivity index (χ3n) is 2.71. The highest BCUT2D eigenvalue weighted by Crippen LogP contribution is 2.14. The molecule has 0 atom stereocenters. The summed E-state index contributed by atoms with van der Waals surface area (Å²) >= 11 is 0. The van der Waals surface area contributed by atoms with E-state index in [9.17, 15) is 0 Å². The molecule has 0 unspecified atom stereocenters. The van der Waals surface area contributed by atoms with E-state index < -0.39 is 0 Å². The van der Waals surface area contributed by atoms with Crippen LogP contribution >= 0.6 is 0 Å². The van der Waals surface area contributed by atoms with E-state index in [-0.39, 0.29) is 0 Å². The predicted molar refractivity (Wildman–Crippen MR) is 62.9 cm³/mol. The van der Waals surface area contributed by atoms with Crippen molar-refractivity contribution in [2.24, 2.45) is 5.84 Å². The molecule has 0 aliphatic carbocycles. The van der Waals surface area contributed by atoms with Crippen molar-refractivity contribution in [1.29, 1.82) is 0 Å². The number of rotatable bonds is 3. The molecule has 2 aromatic rings. The molecule has 2 aromatic heterocycles. The number of nitrogen functional groups attached to an aromatic ring is 1. The summed E-state index contributed by atoms with van der Waals surface area (Å²) < 4.78 is 2.08. The molecule has 3 N–H and O–H groups in total. The van der Waals surface area contributed by atoms with Gasteiger partial charge in [0.2, 0.25) is 0 Å². The smallest absolute Gasteiger partial charge is 0.144 e. The Bertz CT molecular complexity index is 489. The van der Waals surface area contributed by atoms with E-state index in [4.69, 9.17) is 5.84 Å². The van der Waals surface area contributed by atoms with E-state index >= 15 is 0 Å². The highest BCUT2D eigenvalue weighted by Gasteiger charge is 2.06. The average Bonchev–Trinajstić information content (AvgIpc) is 2.62. The van der Waals surface area contributed by atoms with Crippen LogP contribution in [0.3, 0.4) is 0 Å². The Hall–Kier alpha value is -1.88. The Kier molecular flexibility index (Phi) is 2.87. The van der Waals surface area contributed by atoms with Crippen LogP contribution < -0.4 is 11.3 Å². The average molecular weight is 217 g/mol. The monoisotopic (exact) mass is 217 g/mol. The quantitative estimate of drug-likeness (QED) is 0.599. The lowest BCUT2D eigenvalue weighted by molar-refractivity contribution is 0.766. The summed E-state index contributed by atoms with van der Waals surface area (Å²) in [5.41, 5.74) is 5.85. The van der Waals surface area contributed by atoms with Crippen molar-refractivity contribution in [2.75, 3.05) is 5.43 Å². The first-order valence-corrected chi connectivity index (χ1v) is 5.11. The van der Waals surface area contributed by atoms with Crippen molar-refractivity contribution >= 4 is 5.82 Å². The summed E-state index contributed by atoms with van der Waals surface area (Å²) in [5.74, 6) is 6.11. The second-order valence-electron chi connectivity index (χ2n) is 3.70. The van der Waals surface area contributed by atoms with Crippen LogP contribution in [0.4, 0.5) is 5.82 Å². The lowest BCUT2D eigenvalue weighted by Crippen LogP contribution is -2.12. The summed E-state index contributed by atoms with van der Waals surface area (Å²) in [4.78, 5) is 8.42. The lowest BCUT2D eigenvalue weighted by Gasteiger charge is -2.09. The predicted octanol–water partition coefficient (Wildman–Crippen LogP) is 1.23. The molecule has 0 aliphatic heterocycles. The van der Waals surface area contributed by atoms with Crippen molar-refractivity contribution in [2.45, 2.75) is 20.4 Å². The highest BCUT2D eigenvalue weighted by atomic mass is 15.3. The Morgan fingerprint density at radius 3 is 2.81 bits per heavy atom. The van der Waals surface area contributed by atoms with Crippen LogP contribution in [0, 0.1) is 13.8 Å². The molecule has 0 aromatic carbocycles. The van der Waals surface area contributed by atoms with Gasteiger partial charge in [0.25, 0.3) is 0 Å². The van der Waals surface area contributed by atoms with Gasteiger partial charge in [0, 0.05) is 17.5 Å². The van der Waals surface area contributed by atoms with Crippen LogP contribution in [0.25, 0.3) is 0 Å². The summed E-state index contributed by atoms with van der Waals surface area (Å²) in [6.45, 7) is 4.77. The number of nitrogens with two attached hydrogens (primary N) is 1. The molecule has 0 saturated heterocycles. The van der Waals surface area contributed by atoms with Crippen LogP contribution in [-0.4, -0.2) is 14.5 Å². The van der Waals surface area contributed by atoms with Crippen molar-refractivity contribution < 1.29 is 0 Å². The molecular formula is C11H15N5. The summed E-state index contributed by atoms with van der Waals surface area (Å²) in [6.07, 6.45) is 3.54. The maximum Gasteiger partial charge on any atom is 0.144 e. The molecule has 0 fully saturated rings. The molecule has 2 rings (SSSR count). The van der Waals surface area contributed by atoms with Gasteiger partial charge in [-0.1, -0.05) is 6.07 Å². The molecule has 16 heavy (non-hydrogen) atoms. The molecule has 5 heteroatoms. The normalized spacial score (nSPS) is 10.4. The molecule has 0 spiro atoms. The first-order chi connectivity index (χ1) is 7.72. The minimum Gasteiger partial charge on any atom is -0.330 e. The fourth-order valence-electron chi connectivity index (χ4n) is 1.58. The van der Waals surface area contributed by atoms with Crippen molar-refractivity contribution in [1.82, 2.24) is 14.5 Å². The van der Waals surface area contributed by atoms with Gasteiger partial charge in [-0.15, -0.1) is 0 Å². The lowest BCUT2D eigenvalue weighted by atomic mass is 10.2. The SMILES string of the molecule is Cc1ncn(Cc2cccnc2NN)c1C. The number of nitrogens with zero attached hydrogens (tertiary/aromatic N) is 3. The number of hydrogen-bond acceptors (Lipinski definition) is 4. The zero-order valence-electron chi connectivity index (χ0n) is 9.44. The second-order valence-corrected chi connectivity index (χ2v) is 3.70. The highest BCUT2D eigenvalue weighted by molar-refractivity contribution is 5.42. The molecule has 2 heterocycles. The standard InChI is InChI=1S/C11H15N5/c1-8-9(2)16(7-14-8)6-10-4-3-5-13-11(10)15-12/h3-5,7H,6,12H2,1-2H3,(H,13,15). The van der Waals surface area contributed by atoms with Gasteiger partial charge >= 0.3 is 0 Å². The number of aryl methyl sites for hydroxylation is 1. The zero-order valence-corrected chi connectivity index (χ0v) is 9.44. The van der Waals surface area contributed by atoms with Gasteiger partial charge in [0.15, 0.2) is 0 Å². The van der Waals surface area contributed by atoms with E-state index in [0.717, 1.165) is 23.5 Å².